The van der Waals surface area contributed by atoms with Crippen molar-refractivity contribution in [2.75, 3.05) is 13.1 Å². The molecule has 1 amide bonds. The monoisotopic (exact) mass is 237 g/mol. The number of carboxylic acid groups (broad SMARTS) is 1. The Hall–Kier alpha value is -1.58. The first kappa shape index (κ1) is 11.9. The summed E-state index contributed by atoms with van der Waals surface area (Å²) in [6.45, 7) is 3.04. The summed E-state index contributed by atoms with van der Waals surface area (Å²) in [7, 11) is 0. The van der Waals surface area contributed by atoms with E-state index in [0.717, 1.165) is 17.5 Å². The second-order valence-corrected chi connectivity index (χ2v) is 4.69. The molecule has 1 N–H and O–H groups in total. The second kappa shape index (κ2) is 4.73. The molecule has 0 aromatic heterocycles. The van der Waals surface area contributed by atoms with Gasteiger partial charge in [0.15, 0.2) is 0 Å². The molecule has 1 heterocycles. The predicted molar refractivity (Wildman–Crippen MR) is 62.5 cm³/mol. The minimum Gasteiger partial charge on any atom is -0.465 e. The van der Waals surface area contributed by atoms with Gasteiger partial charge in [-0.2, -0.15) is 0 Å². The van der Waals surface area contributed by atoms with Crippen LogP contribution in [-0.4, -0.2) is 29.2 Å². The molecule has 2 rings (SSSR count). The molecule has 0 radical (unpaired) electrons. The summed E-state index contributed by atoms with van der Waals surface area (Å²) < 4.78 is 13.5. The van der Waals surface area contributed by atoms with Crippen LogP contribution in [0, 0.1) is 18.7 Å². The molecule has 1 aliphatic heterocycles. The second-order valence-electron chi connectivity index (χ2n) is 4.69. The lowest BCUT2D eigenvalue weighted by atomic mass is 9.92. The molecule has 92 valence electrons. The Balaban J connectivity index is 1.81. The van der Waals surface area contributed by atoms with E-state index < -0.39 is 6.09 Å². The lowest BCUT2D eigenvalue weighted by molar-refractivity contribution is 0.0784. The van der Waals surface area contributed by atoms with Crippen molar-refractivity contribution in [3.8, 4) is 0 Å². The van der Waals surface area contributed by atoms with E-state index in [1.165, 1.54) is 4.90 Å². The molecular weight excluding hydrogens is 221 g/mol. The number of hydrogen-bond acceptors (Lipinski definition) is 1. The zero-order chi connectivity index (χ0) is 12.4. The van der Waals surface area contributed by atoms with Gasteiger partial charge >= 0.3 is 6.09 Å². The van der Waals surface area contributed by atoms with Crippen molar-refractivity contribution in [1.29, 1.82) is 0 Å². The van der Waals surface area contributed by atoms with Crippen molar-refractivity contribution in [2.45, 2.75) is 19.8 Å². The lowest BCUT2D eigenvalue weighted by Gasteiger charge is -2.37. The van der Waals surface area contributed by atoms with E-state index in [2.05, 4.69) is 0 Å². The molecule has 3 nitrogen and oxygen atoms in total. The van der Waals surface area contributed by atoms with Gasteiger partial charge in [0.25, 0.3) is 0 Å². The van der Waals surface area contributed by atoms with Crippen LogP contribution in [0.2, 0.25) is 0 Å². The highest BCUT2D eigenvalue weighted by molar-refractivity contribution is 5.65. The van der Waals surface area contributed by atoms with Crippen LogP contribution in [0.1, 0.15) is 17.5 Å². The van der Waals surface area contributed by atoms with Gasteiger partial charge in [0, 0.05) is 13.1 Å². The summed E-state index contributed by atoms with van der Waals surface area (Å²) in [4.78, 5) is 11.9. The minimum atomic E-state index is -0.859. The third-order valence-corrected chi connectivity index (χ3v) is 3.26. The summed E-state index contributed by atoms with van der Waals surface area (Å²) in [6.07, 6.45) is 0.677. The number of likely N-dealkylation sites (tertiary alicyclic amines) is 1. The van der Waals surface area contributed by atoms with E-state index in [1.807, 2.05) is 19.1 Å². The Morgan fingerprint density at radius 3 is 2.82 bits per heavy atom. The largest absolute Gasteiger partial charge is 0.465 e. The van der Waals surface area contributed by atoms with Gasteiger partial charge in [-0.15, -0.1) is 0 Å². The van der Waals surface area contributed by atoms with E-state index in [4.69, 9.17) is 5.11 Å². The van der Waals surface area contributed by atoms with Crippen LogP contribution in [0.4, 0.5) is 9.18 Å². The van der Waals surface area contributed by atoms with Crippen LogP contribution in [0.3, 0.4) is 0 Å². The molecule has 0 unspecified atom stereocenters. The number of hydrogen-bond donors (Lipinski definition) is 1. The van der Waals surface area contributed by atoms with Gasteiger partial charge in [-0.05, 0) is 42.9 Å². The van der Waals surface area contributed by atoms with Gasteiger partial charge in [-0.1, -0.05) is 12.1 Å². The third-order valence-electron chi connectivity index (χ3n) is 3.26. The average Bonchev–Trinajstić information content (AvgIpc) is 2.17. The van der Waals surface area contributed by atoms with Gasteiger partial charge in [0.05, 0.1) is 0 Å². The van der Waals surface area contributed by atoms with Crippen molar-refractivity contribution in [3.05, 3.63) is 35.1 Å². The maximum Gasteiger partial charge on any atom is 0.407 e. The summed E-state index contributed by atoms with van der Waals surface area (Å²) in [5.41, 5.74) is 1.65. The first-order valence-corrected chi connectivity index (χ1v) is 5.79. The Labute approximate surface area is 99.9 Å². The molecule has 0 atom stereocenters. The number of nitrogens with zero attached hydrogens (tertiary/aromatic N) is 1. The summed E-state index contributed by atoms with van der Waals surface area (Å²) in [6, 6.07) is 5.26. The van der Waals surface area contributed by atoms with Crippen molar-refractivity contribution < 1.29 is 14.3 Å². The van der Waals surface area contributed by atoms with Crippen molar-refractivity contribution in [1.82, 2.24) is 4.90 Å². The van der Waals surface area contributed by atoms with Gasteiger partial charge in [0.2, 0.25) is 0 Å². The normalized spacial score (nSPS) is 15.8. The molecule has 0 aliphatic carbocycles. The Morgan fingerprint density at radius 1 is 1.53 bits per heavy atom. The van der Waals surface area contributed by atoms with Gasteiger partial charge in [0.1, 0.15) is 5.82 Å². The molecule has 1 aromatic rings. The van der Waals surface area contributed by atoms with E-state index in [0.29, 0.717) is 25.4 Å². The first-order valence-electron chi connectivity index (χ1n) is 5.79. The Bertz CT molecular complexity index is 427. The van der Waals surface area contributed by atoms with Crippen molar-refractivity contribution >= 4 is 6.09 Å². The standard InChI is InChI=1S/C13H16FNO2/c1-9-2-4-11(12(14)6-9)5-3-10-7-15(8-10)13(16)17/h2,4,6,10H,3,5,7-8H2,1H3,(H,16,17). The number of amides is 1. The molecule has 1 fully saturated rings. The molecule has 4 heteroatoms. The van der Waals surface area contributed by atoms with E-state index in [-0.39, 0.29) is 5.82 Å². The van der Waals surface area contributed by atoms with Gasteiger partial charge < -0.3 is 10.0 Å². The summed E-state index contributed by atoms with van der Waals surface area (Å²) in [5, 5.41) is 8.68. The van der Waals surface area contributed by atoms with Gasteiger partial charge in [-0.3, -0.25) is 0 Å². The van der Waals surface area contributed by atoms with E-state index in [9.17, 15) is 9.18 Å². The van der Waals surface area contributed by atoms with E-state index >= 15 is 0 Å². The van der Waals surface area contributed by atoms with Crippen LogP contribution in [0.25, 0.3) is 0 Å². The molecule has 0 bridgehead atoms. The first-order chi connectivity index (χ1) is 8.06. The molecule has 1 aliphatic rings. The van der Waals surface area contributed by atoms with Crippen molar-refractivity contribution in [2.24, 2.45) is 5.92 Å². The predicted octanol–water partition coefficient (Wildman–Crippen LogP) is 2.68. The highest BCUT2D eigenvalue weighted by atomic mass is 19.1. The SMILES string of the molecule is Cc1ccc(CCC2CN(C(=O)O)C2)c(F)c1. The topological polar surface area (TPSA) is 40.5 Å². The lowest BCUT2D eigenvalue weighted by Crippen LogP contribution is -2.49. The molecule has 1 saturated heterocycles. The van der Waals surface area contributed by atoms with E-state index in [1.54, 1.807) is 6.07 Å². The van der Waals surface area contributed by atoms with Crippen LogP contribution in [0.15, 0.2) is 18.2 Å². The maximum atomic E-state index is 13.5. The fourth-order valence-electron chi connectivity index (χ4n) is 2.12. The zero-order valence-electron chi connectivity index (χ0n) is 9.82. The number of aryl methyl sites for hydroxylation is 2. The average molecular weight is 237 g/mol. The zero-order valence-corrected chi connectivity index (χ0v) is 9.82. The molecule has 0 saturated carbocycles. The highest BCUT2D eigenvalue weighted by Gasteiger charge is 2.29. The van der Waals surface area contributed by atoms with Crippen molar-refractivity contribution in [3.63, 3.8) is 0 Å². The molecule has 17 heavy (non-hydrogen) atoms. The number of halogens is 1. The highest BCUT2D eigenvalue weighted by Crippen LogP contribution is 2.22. The quantitative estimate of drug-likeness (QED) is 0.878. The Morgan fingerprint density at radius 2 is 2.24 bits per heavy atom. The van der Waals surface area contributed by atoms with Crippen LogP contribution < -0.4 is 0 Å². The fourth-order valence-corrected chi connectivity index (χ4v) is 2.12. The number of rotatable bonds is 3. The molecular formula is C13H16FNO2. The Kier molecular flexibility index (Phi) is 3.31. The van der Waals surface area contributed by atoms with Gasteiger partial charge in [-0.25, -0.2) is 9.18 Å². The summed E-state index contributed by atoms with van der Waals surface area (Å²) in [5.74, 6) is 0.228. The van der Waals surface area contributed by atoms with Crippen LogP contribution in [0.5, 0.6) is 0 Å². The fraction of sp³-hybridized carbons (Fsp3) is 0.462. The number of carbonyl (C=O) groups is 1. The van der Waals surface area contributed by atoms with Crippen LogP contribution >= 0.6 is 0 Å². The molecule has 1 aromatic carbocycles. The maximum absolute atomic E-state index is 13.5. The number of benzene rings is 1. The third kappa shape index (κ3) is 2.75. The minimum absolute atomic E-state index is 0.153. The van der Waals surface area contributed by atoms with Crippen LogP contribution in [-0.2, 0) is 6.42 Å². The molecule has 0 spiro atoms. The smallest absolute Gasteiger partial charge is 0.407 e. The summed E-state index contributed by atoms with van der Waals surface area (Å²) >= 11 is 0.